The smallest absolute Gasteiger partial charge is 0.124 e. The second kappa shape index (κ2) is 6.94. The van der Waals surface area contributed by atoms with Gasteiger partial charge in [-0.3, -0.25) is 0 Å². The van der Waals surface area contributed by atoms with Gasteiger partial charge in [-0.1, -0.05) is 31.5 Å². The molecule has 0 saturated heterocycles. The summed E-state index contributed by atoms with van der Waals surface area (Å²) in [4.78, 5) is 0. The van der Waals surface area contributed by atoms with E-state index < -0.39 is 0 Å². The number of benzene rings is 1. The maximum absolute atomic E-state index is 12.8. The second-order valence-corrected chi connectivity index (χ2v) is 4.99. The van der Waals surface area contributed by atoms with Gasteiger partial charge >= 0.3 is 0 Å². The highest BCUT2D eigenvalue weighted by Gasteiger charge is 2.05. The fourth-order valence-electron chi connectivity index (χ4n) is 1.43. The fourth-order valence-corrected chi connectivity index (χ4v) is 1.67. The van der Waals surface area contributed by atoms with Crippen molar-refractivity contribution in [3.63, 3.8) is 0 Å². The Kier molecular flexibility index (Phi) is 5.89. The summed E-state index contributed by atoms with van der Waals surface area (Å²) in [5.74, 6) is -0.298. The molecule has 1 aromatic rings. The molecule has 0 saturated carbocycles. The van der Waals surface area contributed by atoms with Crippen molar-refractivity contribution in [1.29, 1.82) is 0 Å². The molecule has 1 rings (SSSR count). The molecule has 2 nitrogen and oxygen atoms in total. The molecule has 1 unspecified atom stereocenters. The van der Waals surface area contributed by atoms with Crippen molar-refractivity contribution in [1.82, 2.24) is 10.6 Å². The first-order chi connectivity index (χ1) is 7.99. The van der Waals surface area contributed by atoms with Crippen LogP contribution in [0.25, 0.3) is 0 Å². The Hall–Kier alpha value is -0.640. The Labute approximate surface area is 108 Å². The first kappa shape index (κ1) is 14.4. The van der Waals surface area contributed by atoms with Gasteiger partial charge in [0.2, 0.25) is 0 Å². The number of nitrogens with one attached hydrogen (secondary N) is 2. The minimum atomic E-state index is -0.298. The summed E-state index contributed by atoms with van der Waals surface area (Å²) >= 11 is 5.94. The van der Waals surface area contributed by atoms with Crippen LogP contribution in [-0.2, 0) is 6.54 Å². The molecule has 0 aliphatic carbocycles. The van der Waals surface area contributed by atoms with Crippen LogP contribution >= 0.6 is 11.6 Å². The van der Waals surface area contributed by atoms with E-state index in [1.165, 1.54) is 12.1 Å². The first-order valence-electron chi connectivity index (χ1n) is 5.89. The normalized spacial score (nSPS) is 13.1. The zero-order valence-corrected chi connectivity index (χ0v) is 11.3. The largest absolute Gasteiger partial charge is 0.313 e. The van der Waals surface area contributed by atoms with Gasteiger partial charge in [0.05, 0.1) is 0 Å². The van der Waals surface area contributed by atoms with Gasteiger partial charge in [-0.05, 0) is 24.6 Å². The van der Waals surface area contributed by atoms with Gasteiger partial charge in [-0.25, -0.2) is 4.39 Å². The van der Waals surface area contributed by atoms with Crippen LogP contribution in [-0.4, -0.2) is 18.6 Å². The van der Waals surface area contributed by atoms with Crippen LogP contribution in [0.4, 0.5) is 4.39 Å². The number of rotatable bonds is 6. The van der Waals surface area contributed by atoms with Gasteiger partial charge in [0.1, 0.15) is 5.82 Å². The molecule has 0 aliphatic heterocycles. The highest BCUT2D eigenvalue weighted by Crippen LogP contribution is 2.16. The van der Waals surface area contributed by atoms with Gasteiger partial charge in [0, 0.05) is 30.2 Å². The molecule has 17 heavy (non-hydrogen) atoms. The standard InChI is InChI=1S/C13H20ClFN2/c1-9(2)16-7-10(3)17-8-11-4-5-12(15)6-13(11)14/h4-6,9-10,16-17H,7-8H2,1-3H3. The Bertz CT molecular complexity index is 355. The predicted molar refractivity (Wildman–Crippen MR) is 70.9 cm³/mol. The minimum absolute atomic E-state index is 0.298. The summed E-state index contributed by atoms with van der Waals surface area (Å²) in [5.41, 5.74) is 0.921. The van der Waals surface area contributed by atoms with E-state index in [1.54, 1.807) is 6.07 Å². The van der Waals surface area contributed by atoms with E-state index in [2.05, 4.69) is 31.4 Å². The van der Waals surface area contributed by atoms with Crippen LogP contribution in [0, 0.1) is 5.82 Å². The van der Waals surface area contributed by atoms with E-state index in [0.29, 0.717) is 23.7 Å². The van der Waals surface area contributed by atoms with Crippen LogP contribution in [0.15, 0.2) is 18.2 Å². The maximum Gasteiger partial charge on any atom is 0.124 e. The van der Waals surface area contributed by atoms with Crippen molar-refractivity contribution in [3.05, 3.63) is 34.6 Å². The topological polar surface area (TPSA) is 24.1 Å². The molecule has 1 atom stereocenters. The molecule has 96 valence electrons. The Morgan fingerprint density at radius 2 is 1.94 bits per heavy atom. The van der Waals surface area contributed by atoms with Gasteiger partial charge < -0.3 is 10.6 Å². The third kappa shape index (κ3) is 5.48. The van der Waals surface area contributed by atoms with E-state index in [1.807, 2.05) is 0 Å². The SMILES string of the molecule is CC(C)NCC(C)NCc1ccc(F)cc1Cl. The van der Waals surface area contributed by atoms with Crippen LogP contribution < -0.4 is 10.6 Å². The van der Waals surface area contributed by atoms with E-state index in [4.69, 9.17) is 11.6 Å². The van der Waals surface area contributed by atoms with Gasteiger partial charge in [-0.15, -0.1) is 0 Å². The zero-order valence-electron chi connectivity index (χ0n) is 10.6. The predicted octanol–water partition coefficient (Wildman–Crippen LogP) is 2.96. The molecule has 0 bridgehead atoms. The Morgan fingerprint density at radius 1 is 1.24 bits per heavy atom. The van der Waals surface area contributed by atoms with Crippen LogP contribution in [0.3, 0.4) is 0 Å². The molecule has 0 aliphatic rings. The molecule has 0 spiro atoms. The number of halogens is 2. The van der Waals surface area contributed by atoms with Crippen molar-refractivity contribution in [2.45, 2.75) is 39.4 Å². The van der Waals surface area contributed by atoms with E-state index in [-0.39, 0.29) is 5.82 Å². The van der Waals surface area contributed by atoms with Gasteiger partial charge in [0.25, 0.3) is 0 Å². The quantitative estimate of drug-likeness (QED) is 0.820. The lowest BCUT2D eigenvalue weighted by Crippen LogP contribution is -2.38. The summed E-state index contributed by atoms with van der Waals surface area (Å²) in [7, 11) is 0. The van der Waals surface area contributed by atoms with E-state index in [9.17, 15) is 4.39 Å². The molecule has 0 radical (unpaired) electrons. The summed E-state index contributed by atoms with van der Waals surface area (Å²) < 4.78 is 12.8. The van der Waals surface area contributed by atoms with Gasteiger partial charge in [0.15, 0.2) is 0 Å². The zero-order chi connectivity index (χ0) is 12.8. The molecule has 4 heteroatoms. The van der Waals surface area contributed by atoms with Gasteiger partial charge in [-0.2, -0.15) is 0 Å². The lowest BCUT2D eigenvalue weighted by molar-refractivity contribution is 0.474. The van der Waals surface area contributed by atoms with Crippen LogP contribution in [0.5, 0.6) is 0 Å². The number of hydrogen-bond donors (Lipinski definition) is 2. The van der Waals surface area contributed by atoms with Crippen molar-refractivity contribution in [2.24, 2.45) is 0 Å². The monoisotopic (exact) mass is 258 g/mol. The lowest BCUT2D eigenvalue weighted by Gasteiger charge is -2.17. The molecule has 0 heterocycles. The van der Waals surface area contributed by atoms with E-state index in [0.717, 1.165) is 12.1 Å². The average molecular weight is 259 g/mol. The molecule has 1 aromatic carbocycles. The average Bonchev–Trinajstić information content (AvgIpc) is 2.25. The summed E-state index contributed by atoms with van der Waals surface area (Å²) in [6.07, 6.45) is 0. The maximum atomic E-state index is 12.8. The summed E-state index contributed by atoms with van der Waals surface area (Å²) in [5, 5.41) is 7.17. The highest BCUT2D eigenvalue weighted by atomic mass is 35.5. The molecule has 0 fully saturated rings. The third-order valence-electron chi connectivity index (χ3n) is 2.49. The van der Waals surface area contributed by atoms with Crippen molar-refractivity contribution < 1.29 is 4.39 Å². The van der Waals surface area contributed by atoms with Crippen molar-refractivity contribution in [3.8, 4) is 0 Å². The molecule has 0 amide bonds. The Morgan fingerprint density at radius 3 is 2.53 bits per heavy atom. The van der Waals surface area contributed by atoms with E-state index >= 15 is 0 Å². The molecule has 2 N–H and O–H groups in total. The van der Waals surface area contributed by atoms with Crippen LogP contribution in [0.2, 0.25) is 5.02 Å². The summed E-state index contributed by atoms with van der Waals surface area (Å²) in [6.45, 7) is 7.89. The minimum Gasteiger partial charge on any atom is -0.313 e. The second-order valence-electron chi connectivity index (χ2n) is 4.58. The number of hydrogen-bond acceptors (Lipinski definition) is 2. The third-order valence-corrected chi connectivity index (χ3v) is 2.84. The van der Waals surface area contributed by atoms with Crippen LogP contribution in [0.1, 0.15) is 26.3 Å². The molecular weight excluding hydrogens is 239 g/mol. The molecule has 0 aromatic heterocycles. The van der Waals surface area contributed by atoms with Crippen molar-refractivity contribution in [2.75, 3.05) is 6.54 Å². The Balaban J connectivity index is 2.39. The first-order valence-corrected chi connectivity index (χ1v) is 6.27. The highest BCUT2D eigenvalue weighted by molar-refractivity contribution is 6.31. The van der Waals surface area contributed by atoms with Crippen molar-refractivity contribution >= 4 is 11.6 Å². The summed E-state index contributed by atoms with van der Waals surface area (Å²) in [6, 6.07) is 5.31. The fraction of sp³-hybridized carbons (Fsp3) is 0.538. The molecular formula is C13H20ClFN2. The lowest BCUT2D eigenvalue weighted by atomic mass is 10.2.